The van der Waals surface area contributed by atoms with Crippen molar-refractivity contribution in [2.75, 3.05) is 0 Å². The van der Waals surface area contributed by atoms with Gasteiger partial charge in [-0.3, -0.25) is 0 Å². The molecule has 6 heteroatoms. The van der Waals surface area contributed by atoms with E-state index in [2.05, 4.69) is 25.9 Å². The first-order valence-corrected chi connectivity index (χ1v) is 5.87. The molecule has 1 N–H and O–H groups in total. The van der Waals surface area contributed by atoms with Crippen molar-refractivity contribution in [3.05, 3.63) is 46.2 Å². The maximum absolute atomic E-state index is 10.9. The molecule has 0 saturated carbocycles. The van der Waals surface area contributed by atoms with Gasteiger partial charge in [0, 0.05) is 5.69 Å². The van der Waals surface area contributed by atoms with Crippen molar-refractivity contribution in [1.29, 1.82) is 0 Å². The Balaban J connectivity index is 2.35. The van der Waals surface area contributed by atoms with Gasteiger partial charge >= 0.3 is 12.0 Å². The van der Waals surface area contributed by atoms with Crippen LogP contribution >= 0.6 is 15.9 Å². The van der Waals surface area contributed by atoms with Crippen molar-refractivity contribution in [3.63, 3.8) is 0 Å². The highest BCUT2D eigenvalue weighted by molar-refractivity contribution is 9.10. The van der Waals surface area contributed by atoms with Crippen LogP contribution in [0, 0.1) is 6.92 Å². The highest BCUT2D eigenvalue weighted by atomic mass is 79.9. The molecule has 0 amide bonds. The molecular weight excluding hydrogens is 300 g/mol. The summed E-state index contributed by atoms with van der Waals surface area (Å²) in [5.74, 6) is -0.586. The number of ether oxygens (including phenoxy) is 1. The maximum Gasteiger partial charge on any atom is 0.354 e. The number of halogens is 1. The van der Waals surface area contributed by atoms with Gasteiger partial charge in [0.15, 0.2) is 5.69 Å². The van der Waals surface area contributed by atoms with Crippen LogP contribution in [0.25, 0.3) is 0 Å². The fourth-order valence-corrected chi connectivity index (χ4v) is 1.69. The first-order valence-electron chi connectivity index (χ1n) is 5.07. The Kier molecular flexibility index (Phi) is 3.57. The van der Waals surface area contributed by atoms with Crippen molar-refractivity contribution < 1.29 is 14.6 Å². The molecular formula is C12H9BrN2O3. The quantitative estimate of drug-likeness (QED) is 0.943. The molecule has 1 heterocycles. The van der Waals surface area contributed by atoms with E-state index < -0.39 is 5.97 Å². The number of hydrogen-bond donors (Lipinski definition) is 1. The number of rotatable bonds is 3. The molecule has 0 unspecified atom stereocenters. The van der Waals surface area contributed by atoms with Crippen LogP contribution < -0.4 is 4.74 Å². The predicted octanol–water partition coefficient (Wildman–Crippen LogP) is 3.04. The van der Waals surface area contributed by atoms with Crippen LogP contribution in [0.4, 0.5) is 0 Å². The number of aryl methyl sites for hydroxylation is 1. The predicted molar refractivity (Wildman–Crippen MR) is 67.9 cm³/mol. The monoisotopic (exact) mass is 308 g/mol. The molecule has 0 bridgehead atoms. The van der Waals surface area contributed by atoms with Gasteiger partial charge in [-0.2, -0.15) is 4.98 Å². The summed E-state index contributed by atoms with van der Waals surface area (Å²) < 4.78 is 6.19. The van der Waals surface area contributed by atoms with E-state index >= 15 is 0 Å². The first kappa shape index (κ1) is 12.5. The molecule has 0 aliphatic heterocycles. The average Bonchev–Trinajstić information content (AvgIpc) is 2.31. The maximum atomic E-state index is 10.9. The largest absolute Gasteiger partial charge is 0.477 e. The summed E-state index contributed by atoms with van der Waals surface area (Å²) in [5.41, 5.74) is 0.439. The lowest BCUT2D eigenvalue weighted by atomic mass is 10.3. The normalized spacial score (nSPS) is 10.1. The van der Waals surface area contributed by atoms with Crippen molar-refractivity contribution >= 4 is 21.9 Å². The Hall–Kier alpha value is -1.95. The van der Waals surface area contributed by atoms with E-state index in [-0.39, 0.29) is 11.7 Å². The molecule has 0 saturated heterocycles. The van der Waals surface area contributed by atoms with Crippen molar-refractivity contribution in [2.24, 2.45) is 0 Å². The fourth-order valence-electron chi connectivity index (χ4n) is 1.32. The van der Waals surface area contributed by atoms with Gasteiger partial charge in [-0.15, -0.1) is 0 Å². The van der Waals surface area contributed by atoms with E-state index in [1.165, 1.54) is 6.07 Å². The van der Waals surface area contributed by atoms with Gasteiger partial charge in [0.1, 0.15) is 5.75 Å². The molecule has 92 valence electrons. The van der Waals surface area contributed by atoms with E-state index in [0.29, 0.717) is 11.4 Å². The molecule has 0 atom stereocenters. The zero-order chi connectivity index (χ0) is 13.1. The molecule has 1 aromatic carbocycles. The number of benzene rings is 1. The van der Waals surface area contributed by atoms with E-state index in [1.54, 1.807) is 19.1 Å². The summed E-state index contributed by atoms with van der Waals surface area (Å²) in [7, 11) is 0. The van der Waals surface area contributed by atoms with Gasteiger partial charge in [-0.25, -0.2) is 9.78 Å². The average molecular weight is 309 g/mol. The number of carboxylic acid groups (broad SMARTS) is 1. The Bertz CT molecular complexity index is 602. The zero-order valence-corrected chi connectivity index (χ0v) is 11.0. The molecule has 0 fully saturated rings. The van der Waals surface area contributed by atoms with E-state index in [1.807, 2.05) is 12.1 Å². The van der Waals surface area contributed by atoms with Gasteiger partial charge in [0.05, 0.1) is 4.47 Å². The minimum absolute atomic E-state index is 0.0132. The number of carboxylic acids is 1. The highest BCUT2D eigenvalue weighted by Crippen LogP contribution is 2.27. The molecule has 0 spiro atoms. The van der Waals surface area contributed by atoms with Gasteiger partial charge in [0.25, 0.3) is 0 Å². The summed E-state index contributed by atoms with van der Waals surface area (Å²) in [6.45, 7) is 1.68. The Labute approximate surface area is 112 Å². The summed E-state index contributed by atoms with van der Waals surface area (Å²) in [6.07, 6.45) is 0. The fraction of sp³-hybridized carbons (Fsp3) is 0.0833. The van der Waals surface area contributed by atoms with Crippen LogP contribution in [0.3, 0.4) is 0 Å². The highest BCUT2D eigenvalue weighted by Gasteiger charge is 2.11. The van der Waals surface area contributed by atoms with Crippen LogP contribution in [-0.4, -0.2) is 21.0 Å². The molecule has 5 nitrogen and oxygen atoms in total. The number of nitrogens with zero attached hydrogens (tertiary/aromatic N) is 2. The van der Waals surface area contributed by atoms with Gasteiger partial charge in [0.2, 0.25) is 0 Å². The van der Waals surface area contributed by atoms with Crippen LogP contribution in [0.2, 0.25) is 0 Å². The summed E-state index contributed by atoms with van der Waals surface area (Å²) in [5, 5.41) is 8.90. The van der Waals surface area contributed by atoms with Crippen LogP contribution in [0.15, 0.2) is 34.8 Å². The second kappa shape index (κ2) is 5.14. The third kappa shape index (κ3) is 2.84. The van der Waals surface area contributed by atoms with Crippen molar-refractivity contribution in [1.82, 2.24) is 9.97 Å². The Morgan fingerprint density at radius 2 is 2.06 bits per heavy atom. The summed E-state index contributed by atoms with van der Waals surface area (Å²) in [4.78, 5) is 18.7. The molecule has 1 aromatic heterocycles. The molecule has 0 aliphatic rings. The topological polar surface area (TPSA) is 72.3 Å². The zero-order valence-electron chi connectivity index (χ0n) is 9.42. The number of aromatic nitrogens is 2. The Morgan fingerprint density at radius 3 is 2.72 bits per heavy atom. The van der Waals surface area contributed by atoms with E-state index in [0.717, 1.165) is 4.47 Å². The molecule has 18 heavy (non-hydrogen) atoms. The van der Waals surface area contributed by atoms with Crippen LogP contribution in [0.1, 0.15) is 16.2 Å². The summed E-state index contributed by atoms with van der Waals surface area (Å²) in [6, 6.07) is 8.58. The lowest BCUT2D eigenvalue weighted by Gasteiger charge is -2.06. The standard InChI is InChI=1S/C12H9BrN2O3/c1-7-6-9(11(16)17)15-12(14-7)18-10-5-3-2-4-8(10)13/h2-6H,1H3,(H,16,17). The van der Waals surface area contributed by atoms with E-state index in [9.17, 15) is 4.79 Å². The van der Waals surface area contributed by atoms with Gasteiger partial charge < -0.3 is 9.84 Å². The van der Waals surface area contributed by atoms with Crippen molar-refractivity contribution in [2.45, 2.75) is 6.92 Å². The third-order valence-electron chi connectivity index (χ3n) is 2.09. The minimum atomic E-state index is -1.11. The SMILES string of the molecule is Cc1cc(C(=O)O)nc(Oc2ccccc2Br)n1. The van der Waals surface area contributed by atoms with Crippen molar-refractivity contribution in [3.8, 4) is 11.8 Å². The lowest BCUT2D eigenvalue weighted by molar-refractivity contribution is 0.0689. The summed E-state index contributed by atoms with van der Waals surface area (Å²) >= 11 is 3.32. The number of carbonyl (C=O) groups is 1. The third-order valence-corrected chi connectivity index (χ3v) is 2.75. The second-order valence-corrected chi connectivity index (χ2v) is 4.37. The second-order valence-electron chi connectivity index (χ2n) is 3.51. The smallest absolute Gasteiger partial charge is 0.354 e. The van der Waals surface area contributed by atoms with Crippen LogP contribution in [-0.2, 0) is 0 Å². The molecule has 0 radical (unpaired) electrons. The number of para-hydroxylation sites is 1. The molecule has 0 aliphatic carbocycles. The number of hydrogen-bond acceptors (Lipinski definition) is 4. The van der Waals surface area contributed by atoms with E-state index in [4.69, 9.17) is 9.84 Å². The minimum Gasteiger partial charge on any atom is -0.477 e. The lowest BCUT2D eigenvalue weighted by Crippen LogP contribution is -2.04. The molecule has 2 aromatic rings. The molecule has 2 rings (SSSR count). The van der Waals surface area contributed by atoms with Gasteiger partial charge in [-0.05, 0) is 41.1 Å². The van der Waals surface area contributed by atoms with Gasteiger partial charge in [-0.1, -0.05) is 12.1 Å². The van der Waals surface area contributed by atoms with Crippen LogP contribution in [0.5, 0.6) is 11.8 Å². The Morgan fingerprint density at radius 1 is 1.33 bits per heavy atom. The number of aromatic carboxylic acids is 1. The first-order chi connectivity index (χ1) is 8.56.